The van der Waals surface area contributed by atoms with Gasteiger partial charge in [-0.2, -0.15) is 0 Å². The summed E-state index contributed by atoms with van der Waals surface area (Å²) in [5.74, 6) is -2.63. The lowest BCUT2D eigenvalue weighted by Gasteiger charge is -2.63. The number of Topliss-reactive ketones (excluding diaryl/α,β-unsaturated/α-hetero) is 1. The topological polar surface area (TPSA) is 113 Å². The highest BCUT2D eigenvalue weighted by molar-refractivity contribution is 6.01. The predicted molar refractivity (Wildman–Crippen MR) is 159 cm³/mol. The Morgan fingerprint density at radius 3 is 2.47 bits per heavy atom. The molecule has 3 N–H and O–H groups in total. The van der Waals surface area contributed by atoms with Crippen molar-refractivity contribution in [2.75, 3.05) is 6.61 Å². The molecule has 5 aliphatic rings. The second-order valence-corrected chi connectivity index (χ2v) is 13.9. The molecule has 4 fully saturated rings. The first-order valence-corrected chi connectivity index (χ1v) is 15.6. The standard InChI is InChI=1S/C36H38F2O7/c1-33-11-10-24(41)14-27(33)28(37)15-26-25-16-31-36(30(43)19-40,34(25,2)17-29(42)35(26,33)38)45-32(44-31)23-5-3-4-22(13-23)12-20-6-8-21(18-39)9-7-20/h3-11,13-14,25-26,28-29,31-32,39-40,42H,12,15-19H2,1-2H3/t25-,26-,28-,29-,31+,32+,33-,34-,35-,36+/m0/s1. The van der Waals surface area contributed by atoms with Gasteiger partial charge in [0.15, 0.2) is 29.1 Å². The highest BCUT2D eigenvalue weighted by Gasteiger charge is 2.80. The van der Waals surface area contributed by atoms with E-state index >= 15 is 8.78 Å². The molecule has 0 spiro atoms. The van der Waals surface area contributed by atoms with Gasteiger partial charge in [0.05, 0.1) is 18.8 Å². The molecule has 0 radical (unpaired) electrons. The van der Waals surface area contributed by atoms with Gasteiger partial charge in [-0.1, -0.05) is 61.5 Å². The molecule has 7 nitrogen and oxygen atoms in total. The largest absolute Gasteiger partial charge is 0.392 e. The normalized spacial score (nSPS) is 41.6. The average molecular weight is 621 g/mol. The second kappa shape index (κ2) is 10.5. The van der Waals surface area contributed by atoms with Gasteiger partial charge >= 0.3 is 0 Å². The summed E-state index contributed by atoms with van der Waals surface area (Å²) in [4.78, 5) is 25.9. The van der Waals surface area contributed by atoms with Gasteiger partial charge in [0.1, 0.15) is 12.8 Å². The maximum absolute atomic E-state index is 17.6. The minimum absolute atomic E-state index is 0.0325. The van der Waals surface area contributed by atoms with Crippen LogP contribution in [-0.4, -0.2) is 63.1 Å². The molecule has 10 atom stereocenters. The van der Waals surface area contributed by atoms with Crippen molar-refractivity contribution in [1.29, 1.82) is 0 Å². The van der Waals surface area contributed by atoms with Crippen molar-refractivity contribution < 1.29 is 43.2 Å². The molecule has 0 unspecified atom stereocenters. The van der Waals surface area contributed by atoms with Crippen molar-refractivity contribution in [3.05, 3.63) is 94.6 Å². The number of fused-ring (bicyclic) bond motifs is 7. The number of halogens is 2. The van der Waals surface area contributed by atoms with E-state index in [4.69, 9.17) is 9.47 Å². The molecule has 0 bridgehead atoms. The molecule has 4 aliphatic carbocycles. The molecule has 0 amide bonds. The molecule has 0 aromatic heterocycles. The molecule has 7 rings (SSSR count). The summed E-state index contributed by atoms with van der Waals surface area (Å²) < 4.78 is 46.5. The molecule has 2 aromatic carbocycles. The van der Waals surface area contributed by atoms with E-state index in [9.17, 15) is 24.9 Å². The average Bonchev–Trinajstić information content (AvgIpc) is 3.53. The van der Waals surface area contributed by atoms with Gasteiger partial charge in [0, 0.05) is 22.3 Å². The monoisotopic (exact) mass is 620 g/mol. The molecule has 1 aliphatic heterocycles. The van der Waals surface area contributed by atoms with Gasteiger partial charge in [-0.15, -0.1) is 0 Å². The fourth-order valence-corrected chi connectivity index (χ4v) is 9.56. The third-order valence-electron chi connectivity index (χ3n) is 11.8. The van der Waals surface area contributed by atoms with Gasteiger partial charge in [-0.05, 0) is 72.9 Å². The van der Waals surface area contributed by atoms with Crippen LogP contribution in [0.4, 0.5) is 8.78 Å². The van der Waals surface area contributed by atoms with E-state index in [-0.39, 0.29) is 31.4 Å². The third-order valence-corrected chi connectivity index (χ3v) is 11.8. The third kappa shape index (κ3) is 4.10. The summed E-state index contributed by atoms with van der Waals surface area (Å²) in [6.45, 7) is 2.44. The van der Waals surface area contributed by atoms with Crippen molar-refractivity contribution in [2.45, 2.75) is 82.1 Å². The van der Waals surface area contributed by atoms with Gasteiger partial charge in [0.25, 0.3) is 0 Å². The lowest BCUT2D eigenvalue weighted by atomic mass is 9.44. The van der Waals surface area contributed by atoms with E-state index in [0.717, 1.165) is 22.8 Å². The molecule has 3 saturated carbocycles. The van der Waals surface area contributed by atoms with Crippen LogP contribution in [0.1, 0.15) is 61.7 Å². The molecule has 1 saturated heterocycles. The van der Waals surface area contributed by atoms with Crippen molar-refractivity contribution >= 4 is 11.6 Å². The predicted octanol–water partition coefficient (Wildman–Crippen LogP) is 4.41. The Morgan fingerprint density at radius 2 is 1.76 bits per heavy atom. The van der Waals surface area contributed by atoms with Crippen molar-refractivity contribution in [3.63, 3.8) is 0 Å². The fraction of sp³-hybridized carbons (Fsp3) is 0.500. The second-order valence-electron chi connectivity index (χ2n) is 13.9. The van der Waals surface area contributed by atoms with Crippen LogP contribution >= 0.6 is 0 Å². The van der Waals surface area contributed by atoms with Crippen molar-refractivity contribution in [1.82, 2.24) is 0 Å². The molecule has 238 valence electrons. The first-order chi connectivity index (χ1) is 21.4. The summed E-state index contributed by atoms with van der Waals surface area (Å²) >= 11 is 0. The van der Waals surface area contributed by atoms with Crippen LogP contribution in [0.25, 0.3) is 0 Å². The summed E-state index contributed by atoms with van der Waals surface area (Å²) in [5.41, 5.74) is -3.15. The number of allylic oxidation sites excluding steroid dienone is 4. The molecule has 1 heterocycles. The Hall–Kier alpha value is -3.08. The number of aliphatic hydroxyl groups is 3. The number of rotatable bonds is 6. The number of alkyl halides is 2. The van der Waals surface area contributed by atoms with E-state index in [1.165, 1.54) is 19.1 Å². The number of benzene rings is 2. The lowest BCUT2D eigenvalue weighted by Crippen LogP contribution is -2.70. The number of carbonyl (C=O) groups is 2. The van der Waals surface area contributed by atoms with Crippen molar-refractivity contribution in [2.24, 2.45) is 22.7 Å². The lowest BCUT2D eigenvalue weighted by molar-refractivity contribution is -0.235. The van der Waals surface area contributed by atoms with Crippen LogP contribution < -0.4 is 0 Å². The Bertz CT molecular complexity index is 1600. The smallest absolute Gasteiger partial charge is 0.193 e. The van der Waals surface area contributed by atoms with Crippen LogP contribution in [0, 0.1) is 22.7 Å². The number of hydrogen-bond donors (Lipinski definition) is 3. The maximum atomic E-state index is 17.6. The highest BCUT2D eigenvalue weighted by atomic mass is 19.1. The summed E-state index contributed by atoms with van der Waals surface area (Å²) in [7, 11) is 0. The summed E-state index contributed by atoms with van der Waals surface area (Å²) in [5, 5.41) is 31.2. The number of hydrogen-bond acceptors (Lipinski definition) is 7. The Labute approximate surface area is 260 Å². The SMILES string of the molecule is C[C@]12C=CC(=O)C=C1[C@@H](F)C[C@H]1[C@@H]3C[C@H]4O[C@@H](c5cccc(Cc6ccc(CO)cc6)c5)O[C@@]4(C(=O)CO)[C@@]3(C)C[C@H](O)[C@@]12F. The van der Waals surface area contributed by atoms with Gasteiger partial charge in [-0.25, -0.2) is 8.78 Å². The maximum Gasteiger partial charge on any atom is 0.193 e. The minimum Gasteiger partial charge on any atom is -0.392 e. The van der Waals surface area contributed by atoms with Crippen LogP contribution in [0.2, 0.25) is 0 Å². The Morgan fingerprint density at radius 1 is 1.02 bits per heavy atom. The zero-order chi connectivity index (χ0) is 31.9. The van der Waals surface area contributed by atoms with Crippen LogP contribution in [0.15, 0.2) is 72.3 Å². The van der Waals surface area contributed by atoms with Crippen LogP contribution in [0.3, 0.4) is 0 Å². The van der Waals surface area contributed by atoms with Crippen LogP contribution in [-0.2, 0) is 32.1 Å². The number of aliphatic hydroxyl groups excluding tert-OH is 3. The van der Waals surface area contributed by atoms with E-state index in [2.05, 4.69) is 0 Å². The molecule has 45 heavy (non-hydrogen) atoms. The quantitative estimate of drug-likeness (QED) is 0.439. The van der Waals surface area contributed by atoms with Crippen molar-refractivity contribution in [3.8, 4) is 0 Å². The Kier molecular flexibility index (Phi) is 7.11. The first kappa shape index (κ1) is 30.6. The number of ketones is 2. The molecule has 9 heteroatoms. The summed E-state index contributed by atoms with van der Waals surface area (Å²) in [6.07, 6.45) is -0.870. The van der Waals surface area contributed by atoms with E-state index < -0.39 is 76.8 Å². The first-order valence-electron chi connectivity index (χ1n) is 15.6. The van der Waals surface area contributed by atoms with Gasteiger partial charge in [-0.3, -0.25) is 9.59 Å². The zero-order valence-corrected chi connectivity index (χ0v) is 25.3. The van der Waals surface area contributed by atoms with Crippen LogP contribution in [0.5, 0.6) is 0 Å². The van der Waals surface area contributed by atoms with Gasteiger partial charge < -0.3 is 24.8 Å². The number of carbonyl (C=O) groups excluding carboxylic acids is 2. The minimum atomic E-state index is -2.30. The fourth-order valence-electron chi connectivity index (χ4n) is 9.56. The Balaban J connectivity index is 1.22. The number of ether oxygens (including phenoxy) is 2. The molecule has 2 aromatic rings. The highest BCUT2D eigenvalue weighted by Crippen LogP contribution is 2.72. The van der Waals surface area contributed by atoms with E-state index in [0.29, 0.717) is 12.0 Å². The molecular weight excluding hydrogens is 582 g/mol. The van der Waals surface area contributed by atoms with E-state index in [1.807, 2.05) is 48.5 Å². The van der Waals surface area contributed by atoms with E-state index in [1.54, 1.807) is 6.92 Å². The summed E-state index contributed by atoms with van der Waals surface area (Å²) in [6, 6.07) is 15.3. The zero-order valence-electron chi connectivity index (χ0n) is 25.3. The van der Waals surface area contributed by atoms with Gasteiger partial charge in [0.2, 0.25) is 0 Å². The molecular formula is C36H38F2O7.